The third kappa shape index (κ3) is 3.94. The number of ether oxygens (including phenoxy) is 1. The molecular formula is C12H19N3O2. The second kappa shape index (κ2) is 6.73. The molecule has 0 aliphatic rings. The molecule has 0 saturated carbocycles. The maximum atomic E-state index is 11.2. The summed E-state index contributed by atoms with van der Waals surface area (Å²) >= 11 is 0. The molecule has 5 nitrogen and oxygen atoms in total. The second-order valence-corrected chi connectivity index (χ2v) is 3.42. The van der Waals surface area contributed by atoms with Crippen LogP contribution in [0, 0.1) is 0 Å². The average Bonchev–Trinajstić information content (AvgIpc) is 2.33. The summed E-state index contributed by atoms with van der Waals surface area (Å²) in [5, 5.41) is 2.55. The highest BCUT2D eigenvalue weighted by atomic mass is 16.5. The lowest BCUT2D eigenvalue weighted by molar-refractivity contribution is 0.168. The zero-order valence-electron chi connectivity index (χ0n) is 10.6. The van der Waals surface area contributed by atoms with E-state index in [1.165, 1.54) is 0 Å². The number of nitrogens with zero attached hydrogens (tertiary/aromatic N) is 2. The highest BCUT2D eigenvalue weighted by molar-refractivity contribution is 5.83. The summed E-state index contributed by atoms with van der Waals surface area (Å²) in [6.07, 6.45) is 1.27. The molecule has 1 aromatic heterocycles. The van der Waals surface area contributed by atoms with Crippen molar-refractivity contribution in [3.05, 3.63) is 18.3 Å². The minimum absolute atomic E-state index is 0.351. The van der Waals surface area contributed by atoms with Gasteiger partial charge in [0.25, 0.3) is 0 Å². The van der Waals surface area contributed by atoms with Gasteiger partial charge in [-0.15, -0.1) is 0 Å². The fourth-order valence-electron chi connectivity index (χ4n) is 1.51. The summed E-state index contributed by atoms with van der Waals surface area (Å²) in [5.41, 5.74) is 1.05. The van der Waals surface area contributed by atoms with E-state index in [0.717, 1.165) is 18.8 Å². The smallest absolute Gasteiger partial charge is 0.412 e. The number of carbonyl (C=O) groups excluding carboxylic acids is 1. The maximum absolute atomic E-state index is 11.2. The van der Waals surface area contributed by atoms with Crippen LogP contribution in [0.25, 0.3) is 0 Å². The van der Waals surface area contributed by atoms with Gasteiger partial charge >= 0.3 is 6.09 Å². The Labute approximate surface area is 102 Å². The lowest BCUT2D eigenvalue weighted by atomic mass is 10.3. The molecule has 1 amide bonds. The molecular weight excluding hydrogens is 218 g/mol. The Balaban J connectivity index is 2.64. The van der Waals surface area contributed by atoms with E-state index >= 15 is 0 Å². The zero-order valence-corrected chi connectivity index (χ0v) is 10.6. The van der Waals surface area contributed by atoms with Gasteiger partial charge in [0.1, 0.15) is 5.82 Å². The summed E-state index contributed by atoms with van der Waals surface area (Å²) in [6, 6.07) is 3.70. The Morgan fingerprint density at radius 2 is 2.06 bits per heavy atom. The van der Waals surface area contributed by atoms with Crippen LogP contribution in [0.4, 0.5) is 16.3 Å². The van der Waals surface area contributed by atoms with Crippen molar-refractivity contribution < 1.29 is 9.53 Å². The number of rotatable bonds is 5. The number of amides is 1. The fourth-order valence-corrected chi connectivity index (χ4v) is 1.51. The van der Waals surface area contributed by atoms with Crippen molar-refractivity contribution in [1.82, 2.24) is 4.98 Å². The second-order valence-electron chi connectivity index (χ2n) is 3.42. The summed E-state index contributed by atoms with van der Waals surface area (Å²) in [5.74, 6) is 0.499. The van der Waals surface area contributed by atoms with Crippen LogP contribution in [0.2, 0.25) is 0 Å². The maximum Gasteiger partial charge on any atom is 0.412 e. The fraction of sp³-hybridized carbons (Fsp3) is 0.500. The van der Waals surface area contributed by atoms with Gasteiger partial charge in [0.2, 0.25) is 0 Å². The molecule has 0 bridgehead atoms. The molecule has 0 aromatic carbocycles. The SMILES string of the molecule is CCOC(=O)Nc1ccc(N(CC)CC)cn1. The number of carbonyl (C=O) groups is 1. The lowest BCUT2D eigenvalue weighted by Crippen LogP contribution is -2.22. The van der Waals surface area contributed by atoms with Gasteiger partial charge in [-0.3, -0.25) is 5.32 Å². The summed E-state index contributed by atoms with van der Waals surface area (Å²) in [4.78, 5) is 17.5. The first-order chi connectivity index (χ1) is 8.21. The highest BCUT2D eigenvalue weighted by Gasteiger charge is 2.05. The molecule has 1 rings (SSSR count). The molecule has 0 spiro atoms. The largest absolute Gasteiger partial charge is 0.450 e. The number of pyridine rings is 1. The van der Waals surface area contributed by atoms with Crippen molar-refractivity contribution in [3.63, 3.8) is 0 Å². The third-order valence-electron chi connectivity index (χ3n) is 2.38. The molecule has 0 radical (unpaired) electrons. The number of hydrogen-bond acceptors (Lipinski definition) is 4. The number of nitrogens with one attached hydrogen (secondary N) is 1. The van der Waals surface area contributed by atoms with Crippen LogP contribution in [0.1, 0.15) is 20.8 Å². The van der Waals surface area contributed by atoms with Crippen LogP contribution < -0.4 is 10.2 Å². The molecule has 1 aromatic rings. The predicted octanol–water partition coefficient (Wildman–Crippen LogP) is 2.50. The molecule has 0 atom stereocenters. The van der Waals surface area contributed by atoms with E-state index in [4.69, 9.17) is 4.74 Å². The standard InChI is InChI=1S/C12H19N3O2/c1-4-15(5-2)10-7-8-11(13-9-10)14-12(16)17-6-3/h7-9H,4-6H2,1-3H3,(H,13,14,16). The normalized spacial score (nSPS) is 9.82. The molecule has 0 fully saturated rings. The first-order valence-electron chi connectivity index (χ1n) is 5.86. The quantitative estimate of drug-likeness (QED) is 0.854. The summed E-state index contributed by atoms with van der Waals surface area (Å²) < 4.78 is 4.77. The molecule has 0 saturated heterocycles. The number of anilines is 2. The predicted molar refractivity (Wildman–Crippen MR) is 68.4 cm³/mol. The molecule has 1 heterocycles. The van der Waals surface area contributed by atoms with Gasteiger partial charge in [-0.25, -0.2) is 9.78 Å². The Bertz CT molecular complexity index is 347. The molecule has 94 valence electrons. The van der Waals surface area contributed by atoms with Crippen molar-refractivity contribution in [2.75, 3.05) is 29.9 Å². The number of hydrogen-bond donors (Lipinski definition) is 1. The van der Waals surface area contributed by atoms with Gasteiger partial charge < -0.3 is 9.64 Å². The Kier molecular flexibility index (Phi) is 5.26. The van der Waals surface area contributed by atoms with Crippen molar-refractivity contribution >= 4 is 17.6 Å². The van der Waals surface area contributed by atoms with Gasteiger partial charge in [0.15, 0.2) is 0 Å². The first kappa shape index (κ1) is 13.3. The van der Waals surface area contributed by atoms with Crippen LogP contribution in [-0.2, 0) is 4.74 Å². The Morgan fingerprint density at radius 3 is 2.53 bits per heavy atom. The monoisotopic (exact) mass is 237 g/mol. The molecule has 1 N–H and O–H groups in total. The van der Waals surface area contributed by atoms with Crippen LogP contribution in [0.15, 0.2) is 18.3 Å². The van der Waals surface area contributed by atoms with Crippen molar-refractivity contribution in [2.24, 2.45) is 0 Å². The van der Waals surface area contributed by atoms with Crippen LogP contribution in [0.5, 0.6) is 0 Å². The number of aromatic nitrogens is 1. The Hall–Kier alpha value is -1.78. The molecule has 0 aliphatic heterocycles. The van der Waals surface area contributed by atoms with E-state index in [9.17, 15) is 4.79 Å². The molecule has 17 heavy (non-hydrogen) atoms. The third-order valence-corrected chi connectivity index (χ3v) is 2.38. The average molecular weight is 237 g/mol. The van der Waals surface area contributed by atoms with E-state index < -0.39 is 6.09 Å². The van der Waals surface area contributed by atoms with Gasteiger partial charge in [0, 0.05) is 13.1 Å². The lowest BCUT2D eigenvalue weighted by Gasteiger charge is -2.20. The van der Waals surface area contributed by atoms with Crippen molar-refractivity contribution in [1.29, 1.82) is 0 Å². The summed E-state index contributed by atoms with van der Waals surface area (Å²) in [6.45, 7) is 8.16. The highest BCUT2D eigenvalue weighted by Crippen LogP contribution is 2.14. The van der Waals surface area contributed by atoms with Crippen molar-refractivity contribution in [3.8, 4) is 0 Å². The van der Waals surface area contributed by atoms with Crippen LogP contribution in [0.3, 0.4) is 0 Å². The Morgan fingerprint density at radius 1 is 1.35 bits per heavy atom. The first-order valence-corrected chi connectivity index (χ1v) is 5.86. The topological polar surface area (TPSA) is 54.5 Å². The van der Waals surface area contributed by atoms with E-state index in [2.05, 4.69) is 29.0 Å². The van der Waals surface area contributed by atoms with Gasteiger partial charge in [-0.2, -0.15) is 0 Å². The minimum Gasteiger partial charge on any atom is -0.450 e. The molecule has 0 unspecified atom stereocenters. The summed E-state index contributed by atoms with van der Waals surface area (Å²) in [7, 11) is 0. The molecule has 0 aliphatic carbocycles. The van der Waals surface area contributed by atoms with E-state index in [-0.39, 0.29) is 0 Å². The van der Waals surface area contributed by atoms with Gasteiger partial charge in [-0.05, 0) is 32.9 Å². The minimum atomic E-state index is -0.476. The van der Waals surface area contributed by atoms with Gasteiger partial charge in [-0.1, -0.05) is 0 Å². The van der Waals surface area contributed by atoms with E-state index in [1.807, 2.05) is 6.07 Å². The van der Waals surface area contributed by atoms with Gasteiger partial charge in [0.05, 0.1) is 18.5 Å². The van der Waals surface area contributed by atoms with E-state index in [1.54, 1.807) is 19.2 Å². The van der Waals surface area contributed by atoms with Crippen LogP contribution in [-0.4, -0.2) is 30.8 Å². The van der Waals surface area contributed by atoms with Crippen LogP contribution >= 0.6 is 0 Å². The zero-order chi connectivity index (χ0) is 12.7. The van der Waals surface area contributed by atoms with E-state index in [0.29, 0.717) is 12.4 Å². The van der Waals surface area contributed by atoms with Crippen molar-refractivity contribution in [2.45, 2.75) is 20.8 Å². The molecule has 5 heteroatoms.